The summed E-state index contributed by atoms with van der Waals surface area (Å²) in [5.74, 6) is 1.79. The zero-order valence-electron chi connectivity index (χ0n) is 22.3. The molecule has 0 fully saturated rings. The normalized spacial score (nSPS) is 11.6. The highest BCUT2D eigenvalue weighted by Crippen LogP contribution is 2.49. The number of nitrogens with zero attached hydrogens (tertiary/aromatic N) is 1. The first kappa shape index (κ1) is 23.4. The first-order valence-electron chi connectivity index (χ1n) is 13.9. The molecular weight excluding hydrogens is 498 g/mol. The molecule has 1 aliphatic heterocycles. The minimum absolute atomic E-state index is 0.895. The zero-order chi connectivity index (χ0) is 27.2. The van der Waals surface area contributed by atoms with Crippen molar-refractivity contribution < 1.29 is 4.74 Å². The van der Waals surface area contributed by atoms with Crippen LogP contribution in [0.3, 0.4) is 0 Å². The number of ether oxygens (including phenoxy) is 1. The van der Waals surface area contributed by atoms with Crippen LogP contribution >= 0.6 is 0 Å². The standard InChI is InChI=1S/C39H25NO/c1-3-12-26(13-4-1)28-24-35(27-14-5-2-6-15-27)40-36(25-28)31-17-8-7-16-29(31)30-22-23-38-39-33(30)19-11-20-34(39)32-18-9-10-21-37(32)41-38/h1-25H. The Kier molecular flexibility index (Phi) is 5.49. The van der Waals surface area contributed by atoms with E-state index in [4.69, 9.17) is 9.72 Å². The summed E-state index contributed by atoms with van der Waals surface area (Å²) in [6.07, 6.45) is 0. The van der Waals surface area contributed by atoms with Crippen LogP contribution in [0.1, 0.15) is 0 Å². The fraction of sp³-hybridized carbons (Fsp3) is 0. The molecule has 41 heavy (non-hydrogen) atoms. The van der Waals surface area contributed by atoms with Gasteiger partial charge in [-0.05, 0) is 57.5 Å². The highest BCUT2D eigenvalue weighted by molar-refractivity contribution is 6.11. The van der Waals surface area contributed by atoms with Crippen LogP contribution in [0.2, 0.25) is 0 Å². The van der Waals surface area contributed by atoms with E-state index >= 15 is 0 Å². The Morgan fingerprint density at radius 2 is 1.00 bits per heavy atom. The summed E-state index contributed by atoms with van der Waals surface area (Å²) in [6.45, 7) is 0. The molecule has 0 bridgehead atoms. The van der Waals surface area contributed by atoms with Gasteiger partial charge in [-0.1, -0.05) is 127 Å². The summed E-state index contributed by atoms with van der Waals surface area (Å²) in [4.78, 5) is 5.23. The maximum absolute atomic E-state index is 6.37. The molecule has 0 spiro atoms. The molecular formula is C39H25NO. The third-order valence-corrected chi connectivity index (χ3v) is 7.89. The van der Waals surface area contributed by atoms with E-state index in [1.54, 1.807) is 0 Å². The second-order valence-corrected chi connectivity index (χ2v) is 10.3. The number of benzene rings is 6. The molecule has 6 aromatic carbocycles. The molecule has 2 heteroatoms. The molecule has 0 saturated heterocycles. The lowest BCUT2D eigenvalue weighted by atomic mass is 9.88. The Bertz CT molecular complexity index is 2000. The molecule has 0 amide bonds. The molecule has 0 unspecified atom stereocenters. The van der Waals surface area contributed by atoms with Gasteiger partial charge in [0.15, 0.2) is 0 Å². The number of fused-ring (bicyclic) bond motifs is 2. The van der Waals surface area contributed by atoms with Crippen LogP contribution in [0.4, 0.5) is 0 Å². The largest absolute Gasteiger partial charge is 0.456 e. The number of hydrogen-bond acceptors (Lipinski definition) is 2. The van der Waals surface area contributed by atoms with Crippen LogP contribution in [-0.2, 0) is 0 Å². The second kappa shape index (κ2) is 9.62. The Labute approximate surface area is 239 Å². The first-order valence-corrected chi connectivity index (χ1v) is 13.9. The number of rotatable bonds is 4. The summed E-state index contributed by atoms with van der Waals surface area (Å²) in [6, 6.07) is 53.1. The molecule has 7 aromatic rings. The Hall–Kier alpha value is -5.47. The first-order chi connectivity index (χ1) is 20.3. The van der Waals surface area contributed by atoms with Gasteiger partial charge >= 0.3 is 0 Å². The fourth-order valence-corrected chi connectivity index (χ4v) is 5.98. The molecule has 192 valence electrons. The van der Waals surface area contributed by atoms with Crippen molar-refractivity contribution >= 4 is 10.8 Å². The van der Waals surface area contributed by atoms with E-state index in [1.165, 1.54) is 16.5 Å². The van der Waals surface area contributed by atoms with Gasteiger partial charge in [0, 0.05) is 22.1 Å². The smallest absolute Gasteiger partial charge is 0.135 e. The van der Waals surface area contributed by atoms with E-state index < -0.39 is 0 Å². The molecule has 0 atom stereocenters. The Morgan fingerprint density at radius 1 is 0.366 bits per heavy atom. The van der Waals surface area contributed by atoms with Gasteiger partial charge in [0.25, 0.3) is 0 Å². The summed E-state index contributed by atoms with van der Waals surface area (Å²) < 4.78 is 6.37. The summed E-state index contributed by atoms with van der Waals surface area (Å²) in [5.41, 5.74) is 11.1. The lowest BCUT2D eigenvalue weighted by molar-refractivity contribution is 0.487. The molecule has 0 radical (unpaired) electrons. The highest BCUT2D eigenvalue weighted by Gasteiger charge is 2.22. The maximum Gasteiger partial charge on any atom is 0.135 e. The fourth-order valence-electron chi connectivity index (χ4n) is 5.98. The van der Waals surface area contributed by atoms with Crippen molar-refractivity contribution in [3.8, 4) is 67.4 Å². The minimum Gasteiger partial charge on any atom is -0.456 e. The average molecular weight is 524 g/mol. The monoisotopic (exact) mass is 523 g/mol. The topological polar surface area (TPSA) is 22.1 Å². The van der Waals surface area contributed by atoms with Crippen molar-refractivity contribution in [1.82, 2.24) is 4.98 Å². The average Bonchev–Trinajstić information content (AvgIpc) is 3.06. The Balaban J connectivity index is 1.36. The molecule has 8 rings (SSSR count). The molecule has 0 aliphatic carbocycles. The number of para-hydroxylation sites is 1. The molecule has 1 aliphatic rings. The van der Waals surface area contributed by atoms with E-state index in [9.17, 15) is 0 Å². The maximum atomic E-state index is 6.37. The van der Waals surface area contributed by atoms with Crippen molar-refractivity contribution in [2.75, 3.05) is 0 Å². The quantitative estimate of drug-likeness (QED) is 0.229. The Morgan fingerprint density at radius 3 is 1.80 bits per heavy atom. The van der Waals surface area contributed by atoms with E-state index in [-0.39, 0.29) is 0 Å². The molecule has 0 N–H and O–H groups in total. The van der Waals surface area contributed by atoms with Gasteiger partial charge in [-0.15, -0.1) is 0 Å². The van der Waals surface area contributed by atoms with Crippen LogP contribution in [0.25, 0.3) is 66.7 Å². The van der Waals surface area contributed by atoms with E-state index in [2.05, 4.69) is 133 Å². The van der Waals surface area contributed by atoms with Gasteiger partial charge in [0.1, 0.15) is 11.5 Å². The van der Waals surface area contributed by atoms with E-state index in [0.29, 0.717) is 0 Å². The van der Waals surface area contributed by atoms with E-state index in [0.717, 1.165) is 61.7 Å². The number of hydrogen-bond donors (Lipinski definition) is 0. The number of aromatic nitrogens is 1. The predicted octanol–water partition coefficient (Wildman–Crippen LogP) is 10.7. The predicted molar refractivity (Wildman–Crippen MR) is 169 cm³/mol. The minimum atomic E-state index is 0.895. The third kappa shape index (κ3) is 4.00. The highest BCUT2D eigenvalue weighted by atomic mass is 16.5. The van der Waals surface area contributed by atoms with Crippen molar-refractivity contribution in [3.05, 3.63) is 152 Å². The van der Waals surface area contributed by atoms with Gasteiger partial charge in [0.05, 0.1) is 11.4 Å². The van der Waals surface area contributed by atoms with Crippen LogP contribution in [0.5, 0.6) is 11.5 Å². The van der Waals surface area contributed by atoms with Crippen LogP contribution in [0.15, 0.2) is 152 Å². The van der Waals surface area contributed by atoms with Crippen molar-refractivity contribution in [1.29, 1.82) is 0 Å². The molecule has 1 aromatic heterocycles. The van der Waals surface area contributed by atoms with Gasteiger partial charge in [0.2, 0.25) is 0 Å². The van der Waals surface area contributed by atoms with Crippen molar-refractivity contribution in [2.24, 2.45) is 0 Å². The van der Waals surface area contributed by atoms with Crippen LogP contribution in [-0.4, -0.2) is 4.98 Å². The van der Waals surface area contributed by atoms with Crippen molar-refractivity contribution in [2.45, 2.75) is 0 Å². The lowest BCUT2D eigenvalue weighted by Crippen LogP contribution is -1.98. The molecule has 2 heterocycles. The third-order valence-electron chi connectivity index (χ3n) is 7.89. The summed E-state index contributed by atoms with van der Waals surface area (Å²) in [5, 5.41) is 2.32. The molecule has 0 saturated carbocycles. The van der Waals surface area contributed by atoms with Crippen LogP contribution < -0.4 is 4.74 Å². The summed E-state index contributed by atoms with van der Waals surface area (Å²) in [7, 11) is 0. The van der Waals surface area contributed by atoms with Gasteiger partial charge in [-0.3, -0.25) is 0 Å². The lowest BCUT2D eigenvalue weighted by Gasteiger charge is -2.23. The van der Waals surface area contributed by atoms with Gasteiger partial charge < -0.3 is 4.74 Å². The number of pyridine rings is 1. The SMILES string of the molecule is c1ccc(-c2cc(-c3ccccc3)nc(-c3ccccc3-c3ccc4c5c(cccc35)-c3ccccc3O4)c2)cc1. The van der Waals surface area contributed by atoms with E-state index in [1.807, 2.05) is 18.2 Å². The zero-order valence-corrected chi connectivity index (χ0v) is 22.3. The summed E-state index contributed by atoms with van der Waals surface area (Å²) >= 11 is 0. The molecule has 2 nitrogen and oxygen atoms in total. The van der Waals surface area contributed by atoms with Crippen molar-refractivity contribution in [3.63, 3.8) is 0 Å². The second-order valence-electron chi connectivity index (χ2n) is 10.3. The van der Waals surface area contributed by atoms with Gasteiger partial charge in [-0.25, -0.2) is 4.98 Å². The van der Waals surface area contributed by atoms with Gasteiger partial charge in [-0.2, -0.15) is 0 Å². The van der Waals surface area contributed by atoms with Crippen LogP contribution in [0, 0.1) is 0 Å².